The first-order valence-electron chi connectivity index (χ1n) is 9.20. The molecular formula is C22H23N3O3S. The Labute approximate surface area is 174 Å². The van der Waals surface area contributed by atoms with Crippen molar-refractivity contribution in [1.29, 1.82) is 5.26 Å². The molecule has 0 fully saturated rings. The van der Waals surface area contributed by atoms with Gasteiger partial charge in [-0.05, 0) is 63.1 Å². The van der Waals surface area contributed by atoms with Crippen LogP contribution in [0.1, 0.15) is 42.9 Å². The summed E-state index contributed by atoms with van der Waals surface area (Å²) < 4.78 is 11.7. The van der Waals surface area contributed by atoms with E-state index in [4.69, 9.17) is 19.7 Å². The molecule has 0 spiro atoms. The number of carbonyl (C=O) groups is 1. The highest BCUT2D eigenvalue weighted by Crippen LogP contribution is 2.31. The van der Waals surface area contributed by atoms with Gasteiger partial charge in [-0.1, -0.05) is 12.1 Å². The van der Waals surface area contributed by atoms with Gasteiger partial charge < -0.3 is 14.8 Å². The Balaban J connectivity index is 1.90. The highest BCUT2D eigenvalue weighted by atomic mass is 32.1. The molecule has 6 nitrogen and oxygen atoms in total. The zero-order chi connectivity index (χ0) is 21.0. The Morgan fingerprint density at radius 2 is 1.97 bits per heavy atom. The molecule has 3 rings (SSSR count). The molecule has 1 N–H and O–H groups in total. The van der Waals surface area contributed by atoms with Crippen molar-refractivity contribution in [2.24, 2.45) is 0 Å². The molecule has 0 aliphatic rings. The Morgan fingerprint density at radius 1 is 1.24 bits per heavy atom. The van der Waals surface area contributed by atoms with Gasteiger partial charge in [-0.25, -0.2) is 9.78 Å². The first-order chi connectivity index (χ1) is 13.8. The van der Waals surface area contributed by atoms with Gasteiger partial charge in [0.1, 0.15) is 16.4 Å². The predicted molar refractivity (Wildman–Crippen MR) is 113 cm³/mol. The second-order valence-corrected chi connectivity index (χ2v) is 8.66. The number of aromatic nitrogens is 1. The molecule has 0 aliphatic heterocycles. The van der Waals surface area contributed by atoms with E-state index in [1.807, 2.05) is 51.1 Å². The van der Waals surface area contributed by atoms with Gasteiger partial charge in [0.05, 0.1) is 35.0 Å². The maximum atomic E-state index is 12.4. The number of alkyl carbamates (subject to hydrolysis) is 1. The molecule has 0 saturated heterocycles. The van der Waals surface area contributed by atoms with Crippen LogP contribution < -0.4 is 10.1 Å². The minimum Gasteiger partial charge on any atom is -0.497 e. The minimum absolute atomic E-state index is 0.360. The molecule has 0 radical (unpaired) electrons. The van der Waals surface area contributed by atoms with Crippen molar-refractivity contribution >= 4 is 27.6 Å². The third-order valence-corrected chi connectivity index (χ3v) is 5.26. The van der Waals surface area contributed by atoms with Crippen LogP contribution in [0.5, 0.6) is 5.75 Å². The summed E-state index contributed by atoms with van der Waals surface area (Å²) in [6.45, 7) is 5.48. The molecule has 1 amide bonds. The number of amides is 1. The number of hydrogen-bond acceptors (Lipinski definition) is 6. The lowest BCUT2D eigenvalue weighted by atomic mass is 10.0. The summed E-state index contributed by atoms with van der Waals surface area (Å²) in [5.41, 5.74) is 1.84. The Bertz CT molecular complexity index is 1050. The van der Waals surface area contributed by atoms with Crippen LogP contribution in [0.25, 0.3) is 10.2 Å². The molecule has 3 aromatic rings. The van der Waals surface area contributed by atoms with Crippen molar-refractivity contribution < 1.29 is 14.3 Å². The number of nitriles is 1. The molecule has 1 heterocycles. The van der Waals surface area contributed by atoms with Crippen LogP contribution in [0, 0.1) is 11.3 Å². The van der Waals surface area contributed by atoms with E-state index >= 15 is 0 Å². The number of benzene rings is 2. The summed E-state index contributed by atoms with van der Waals surface area (Å²) in [5.74, 6) is 0.761. The Hall–Kier alpha value is -3.11. The van der Waals surface area contributed by atoms with E-state index in [1.165, 1.54) is 11.3 Å². The standard InChI is InChI=1S/C22H23N3O3S/c1-22(2,3)28-21(26)25-18(11-14-5-7-15(13-23)8-6-14)20-24-17-10-9-16(27-4)12-19(17)29-20/h5-10,12,18H,11H2,1-4H3,(H,25,26)/t18-/m1/s1. The van der Waals surface area contributed by atoms with Crippen molar-refractivity contribution in [3.8, 4) is 11.8 Å². The molecular weight excluding hydrogens is 386 g/mol. The van der Waals surface area contributed by atoms with Crippen LogP contribution >= 0.6 is 11.3 Å². The van der Waals surface area contributed by atoms with Crippen molar-refractivity contribution in [2.75, 3.05) is 7.11 Å². The van der Waals surface area contributed by atoms with Gasteiger partial charge in [-0.2, -0.15) is 5.26 Å². The van der Waals surface area contributed by atoms with E-state index in [9.17, 15) is 4.79 Å². The van der Waals surface area contributed by atoms with Gasteiger partial charge >= 0.3 is 6.09 Å². The predicted octanol–water partition coefficient (Wildman–Crippen LogP) is 4.99. The van der Waals surface area contributed by atoms with E-state index < -0.39 is 11.7 Å². The molecule has 1 aromatic heterocycles. The lowest BCUT2D eigenvalue weighted by Gasteiger charge is -2.23. The maximum absolute atomic E-state index is 12.4. The van der Waals surface area contributed by atoms with E-state index in [1.54, 1.807) is 19.2 Å². The fourth-order valence-electron chi connectivity index (χ4n) is 2.80. The van der Waals surface area contributed by atoms with Gasteiger partial charge in [0.15, 0.2) is 0 Å². The second kappa shape index (κ2) is 8.50. The number of thiazole rings is 1. The molecule has 0 saturated carbocycles. The summed E-state index contributed by atoms with van der Waals surface area (Å²) >= 11 is 1.51. The van der Waals surface area contributed by atoms with Gasteiger partial charge in [0.25, 0.3) is 0 Å². The van der Waals surface area contributed by atoms with Crippen LogP contribution in [-0.2, 0) is 11.2 Å². The van der Waals surface area contributed by atoms with E-state index in [0.29, 0.717) is 12.0 Å². The highest BCUT2D eigenvalue weighted by Gasteiger charge is 2.23. The Kier molecular flexibility index (Phi) is 6.04. The lowest BCUT2D eigenvalue weighted by Crippen LogP contribution is -2.35. The second-order valence-electron chi connectivity index (χ2n) is 7.60. The average molecular weight is 410 g/mol. The van der Waals surface area contributed by atoms with Gasteiger partial charge in [-0.15, -0.1) is 11.3 Å². The smallest absolute Gasteiger partial charge is 0.408 e. The van der Waals surface area contributed by atoms with Crippen LogP contribution in [0.3, 0.4) is 0 Å². The number of methoxy groups -OCH3 is 1. The number of rotatable bonds is 5. The fraction of sp³-hybridized carbons (Fsp3) is 0.318. The number of ether oxygens (including phenoxy) is 2. The largest absolute Gasteiger partial charge is 0.497 e. The maximum Gasteiger partial charge on any atom is 0.408 e. The van der Waals surface area contributed by atoms with E-state index in [-0.39, 0.29) is 6.04 Å². The molecule has 150 valence electrons. The molecule has 0 unspecified atom stereocenters. The minimum atomic E-state index is -0.593. The molecule has 2 aromatic carbocycles. The molecule has 29 heavy (non-hydrogen) atoms. The number of fused-ring (bicyclic) bond motifs is 1. The summed E-state index contributed by atoms with van der Waals surface area (Å²) in [5, 5.41) is 12.7. The number of nitrogens with zero attached hydrogens (tertiary/aromatic N) is 2. The molecule has 0 aliphatic carbocycles. The number of hydrogen-bond donors (Lipinski definition) is 1. The van der Waals surface area contributed by atoms with Crippen molar-refractivity contribution in [3.05, 3.63) is 58.6 Å². The SMILES string of the molecule is COc1ccc2nc([C@@H](Cc3ccc(C#N)cc3)NC(=O)OC(C)(C)C)sc2c1. The van der Waals surface area contributed by atoms with Gasteiger partial charge in [0.2, 0.25) is 0 Å². The third-order valence-electron chi connectivity index (χ3n) is 4.12. The lowest BCUT2D eigenvalue weighted by molar-refractivity contribution is 0.0503. The molecule has 1 atom stereocenters. The average Bonchev–Trinajstić information content (AvgIpc) is 3.09. The van der Waals surface area contributed by atoms with Crippen molar-refractivity contribution in [1.82, 2.24) is 10.3 Å². The van der Waals surface area contributed by atoms with E-state index in [2.05, 4.69) is 11.4 Å². The quantitative estimate of drug-likeness (QED) is 0.642. The van der Waals surface area contributed by atoms with Crippen LogP contribution in [0.15, 0.2) is 42.5 Å². The number of nitrogens with one attached hydrogen (secondary N) is 1. The van der Waals surface area contributed by atoms with Crippen molar-refractivity contribution in [3.63, 3.8) is 0 Å². The van der Waals surface area contributed by atoms with Crippen LogP contribution in [0.2, 0.25) is 0 Å². The summed E-state index contributed by atoms with van der Waals surface area (Å²) in [4.78, 5) is 17.1. The van der Waals surface area contributed by atoms with E-state index in [0.717, 1.165) is 26.5 Å². The summed E-state index contributed by atoms with van der Waals surface area (Å²) in [7, 11) is 1.63. The van der Waals surface area contributed by atoms with Gasteiger partial charge in [-0.3, -0.25) is 0 Å². The summed E-state index contributed by atoms with van der Waals surface area (Å²) in [6, 6.07) is 14.8. The topological polar surface area (TPSA) is 84.2 Å². The van der Waals surface area contributed by atoms with Crippen LogP contribution in [-0.4, -0.2) is 23.8 Å². The molecule has 0 bridgehead atoms. The van der Waals surface area contributed by atoms with Gasteiger partial charge in [0, 0.05) is 0 Å². The number of carbonyl (C=O) groups excluding carboxylic acids is 1. The highest BCUT2D eigenvalue weighted by molar-refractivity contribution is 7.18. The van der Waals surface area contributed by atoms with Crippen molar-refractivity contribution in [2.45, 2.75) is 38.8 Å². The monoisotopic (exact) mass is 409 g/mol. The first kappa shape index (κ1) is 20.6. The van der Waals surface area contributed by atoms with Crippen LogP contribution in [0.4, 0.5) is 4.79 Å². The zero-order valence-electron chi connectivity index (χ0n) is 16.9. The fourth-order valence-corrected chi connectivity index (χ4v) is 3.85. The third kappa shape index (κ3) is 5.46. The first-order valence-corrected chi connectivity index (χ1v) is 10.0. The Morgan fingerprint density at radius 3 is 2.59 bits per heavy atom. The summed E-state index contributed by atoms with van der Waals surface area (Å²) in [6.07, 6.45) is 0.0371. The zero-order valence-corrected chi connectivity index (χ0v) is 17.7. The molecule has 7 heteroatoms. The normalized spacial score (nSPS) is 12.2.